The van der Waals surface area contributed by atoms with Crippen LogP contribution in [0.2, 0.25) is 0 Å². The molecule has 36 heavy (non-hydrogen) atoms. The average Bonchev–Trinajstić information content (AvgIpc) is 3.48. The highest BCUT2D eigenvalue weighted by Gasteiger charge is 2.30. The Balaban J connectivity index is 1.32. The molecule has 0 aliphatic carbocycles. The first-order valence-corrected chi connectivity index (χ1v) is 11.3. The second-order valence-corrected chi connectivity index (χ2v) is 8.51. The second-order valence-electron chi connectivity index (χ2n) is 8.51. The van der Waals surface area contributed by atoms with Crippen LogP contribution in [0.25, 0.3) is 11.0 Å². The maximum atomic E-state index is 13.0. The third kappa shape index (κ3) is 5.10. The van der Waals surface area contributed by atoms with E-state index in [-0.39, 0.29) is 17.5 Å². The number of nitrogens with one attached hydrogen (secondary N) is 3. The van der Waals surface area contributed by atoms with Gasteiger partial charge in [0.25, 0.3) is 0 Å². The zero-order chi connectivity index (χ0) is 25.3. The Kier molecular flexibility index (Phi) is 6.23. The monoisotopic (exact) mass is 496 g/mol. The zero-order valence-electron chi connectivity index (χ0n) is 19.3. The van der Waals surface area contributed by atoms with Crippen LogP contribution in [0.1, 0.15) is 12.0 Å². The number of anilines is 3. The number of amides is 1. The standard InChI is InChI=1S/C25H23F3N6O2/c1-34-21-6-5-18(36-19-8-10-30-22(13-19)33-23(35)15-7-9-29-14-15)12-20(21)32-24(34)31-17-4-2-3-16(11-17)25(26,27)28/h2-6,8,10-13,15,29H,7,9,14H2,1H3,(H,31,32)(H,30,33,35). The summed E-state index contributed by atoms with van der Waals surface area (Å²) in [5.74, 6) is 1.62. The molecule has 0 saturated carbocycles. The van der Waals surface area contributed by atoms with Crippen LogP contribution in [-0.4, -0.2) is 33.5 Å². The van der Waals surface area contributed by atoms with Crippen molar-refractivity contribution in [3.05, 3.63) is 66.4 Å². The van der Waals surface area contributed by atoms with Gasteiger partial charge in [0.1, 0.15) is 17.3 Å². The molecule has 5 rings (SSSR count). The molecule has 1 fully saturated rings. The van der Waals surface area contributed by atoms with Gasteiger partial charge >= 0.3 is 6.18 Å². The van der Waals surface area contributed by atoms with Crippen LogP contribution in [-0.2, 0) is 18.0 Å². The lowest BCUT2D eigenvalue weighted by Gasteiger charge is -2.11. The summed E-state index contributed by atoms with van der Waals surface area (Å²) in [5.41, 5.74) is 0.902. The minimum Gasteiger partial charge on any atom is -0.457 e. The van der Waals surface area contributed by atoms with E-state index in [1.165, 1.54) is 6.07 Å². The lowest BCUT2D eigenvalue weighted by atomic mass is 10.1. The van der Waals surface area contributed by atoms with E-state index in [2.05, 4.69) is 25.9 Å². The van der Waals surface area contributed by atoms with E-state index in [9.17, 15) is 18.0 Å². The van der Waals surface area contributed by atoms with Gasteiger partial charge < -0.3 is 25.3 Å². The summed E-state index contributed by atoms with van der Waals surface area (Å²) in [6.45, 7) is 1.47. The molecular formula is C25H23F3N6O2. The number of nitrogens with zero attached hydrogens (tertiary/aromatic N) is 3. The molecule has 1 aliphatic heterocycles. The normalized spacial score (nSPS) is 15.7. The molecule has 2 aromatic carbocycles. The first kappa shape index (κ1) is 23.6. The third-order valence-corrected chi connectivity index (χ3v) is 5.95. The summed E-state index contributed by atoms with van der Waals surface area (Å²) >= 11 is 0. The van der Waals surface area contributed by atoms with Crippen molar-refractivity contribution in [2.24, 2.45) is 13.0 Å². The Morgan fingerprint density at radius 1 is 1.14 bits per heavy atom. The summed E-state index contributed by atoms with van der Waals surface area (Å²) in [6, 6.07) is 13.6. The summed E-state index contributed by atoms with van der Waals surface area (Å²) < 4.78 is 46.8. The molecule has 1 atom stereocenters. The van der Waals surface area contributed by atoms with Gasteiger partial charge in [0.15, 0.2) is 0 Å². The number of rotatable bonds is 6. The molecule has 11 heteroatoms. The first-order valence-electron chi connectivity index (χ1n) is 11.3. The van der Waals surface area contributed by atoms with Gasteiger partial charge in [0, 0.05) is 37.6 Å². The predicted octanol–water partition coefficient (Wildman–Crippen LogP) is 5.07. The van der Waals surface area contributed by atoms with Gasteiger partial charge in [-0.25, -0.2) is 9.97 Å². The number of aryl methyl sites for hydroxylation is 1. The fourth-order valence-corrected chi connectivity index (χ4v) is 4.04. The third-order valence-electron chi connectivity index (χ3n) is 5.95. The molecule has 0 spiro atoms. The quantitative estimate of drug-likeness (QED) is 0.345. The van der Waals surface area contributed by atoms with Crippen LogP contribution < -0.4 is 20.7 Å². The Labute approximate surface area is 204 Å². The number of hydrogen-bond acceptors (Lipinski definition) is 6. The number of benzene rings is 2. The molecule has 0 bridgehead atoms. The number of alkyl halides is 3. The smallest absolute Gasteiger partial charge is 0.416 e. The summed E-state index contributed by atoms with van der Waals surface area (Å²) in [6.07, 6.45) is -2.09. The minimum absolute atomic E-state index is 0.0818. The molecule has 1 saturated heterocycles. The molecule has 3 heterocycles. The molecule has 4 aromatic rings. The number of fused-ring (bicyclic) bond motifs is 1. The lowest BCUT2D eigenvalue weighted by Crippen LogP contribution is -2.25. The molecular weight excluding hydrogens is 473 g/mol. The Bertz CT molecular complexity index is 1410. The molecule has 1 amide bonds. The van der Waals surface area contributed by atoms with Crippen LogP contribution >= 0.6 is 0 Å². The van der Waals surface area contributed by atoms with Gasteiger partial charge in [0.2, 0.25) is 11.9 Å². The highest BCUT2D eigenvalue weighted by Crippen LogP contribution is 2.32. The van der Waals surface area contributed by atoms with E-state index in [0.29, 0.717) is 35.3 Å². The maximum absolute atomic E-state index is 13.0. The average molecular weight is 496 g/mol. The Morgan fingerprint density at radius 2 is 1.97 bits per heavy atom. The van der Waals surface area contributed by atoms with E-state index >= 15 is 0 Å². The van der Waals surface area contributed by atoms with E-state index < -0.39 is 11.7 Å². The van der Waals surface area contributed by atoms with Crippen molar-refractivity contribution in [3.8, 4) is 11.5 Å². The SMILES string of the molecule is Cn1c(Nc2cccc(C(F)(F)F)c2)nc2cc(Oc3ccnc(NC(=O)C4CCNC4)c3)ccc21. The number of aromatic nitrogens is 3. The molecule has 2 aromatic heterocycles. The molecule has 3 N–H and O–H groups in total. The van der Waals surface area contributed by atoms with Gasteiger partial charge in [-0.1, -0.05) is 6.07 Å². The number of ether oxygens (including phenoxy) is 1. The highest BCUT2D eigenvalue weighted by molar-refractivity contribution is 5.92. The van der Waals surface area contributed by atoms with Crippen LogP contribution in [0.4, 0.5) is 30.6 Å². The summed E-state index contributed by atoms with van der Waals surface area (Å²) in [7, 11) is 1.77. The number of pyridine rings is 1. The maximum Gasteiger partial charge on any atom is 0.416 e. The van der Waals surface area contributed by atoms with E-state index in [1.54, 1.807) is 48.1 Å². The van der Waals surface area contributed by atoms with Crippen molar-refractivity contribution in [2.75, 3.05) is 23.7 Å². The van der Waals surface area contributed by atoms with Gasteiger partial charge in [0.05, 0.1) is 22.5 Å². The van der Waals surface area contributed by atoms with Crippen LogP contribution in [0.3, 0.4) is 0 Å². The van der Waals surface area contributed by atoms with E-state index in [1.807, 2.05) is 6.07 Å². The van der Waals surface area contributed by atoms with E-state index in [4.69, 9.17) is 4.74 Å². The van der Waals surface area contributed by atoms with Gasteiger partial charge in [-0.05, 0) is 49.4 Å². The summed E-state index contributed by atoms with van der Waals surface area (Å²) in [4.78, 5) is 21.1. The van der Waals surface area contributed by atoms with Crippen molar-refractivity contribution < 1.29 is 22.7 Å². The van der Waals surface area contributed by atoms with Crippen molar-refractivity contribution in [1.82, 2.24) is 19.9 Å². The van der Waals surface area contributed by atoms with Crippen LogP contribution in [0.5, 0.6) is 11.5 Å². The number of carbonyl (C=O) groups excluding carboxylic acids is 1. The topological polar surface area (TPSA) is 93.1 Å². The van der Waals surface area contributed by atoms with Gasteiger partial charge in [-0.2, -0.15) is 13.2 Å². The van der Waals surface area contributed by atoms with E-state index in [0.717, 1.165) is 30.6 Å². The van der Waals surface area contributed by atoms with Gasteiger partial charge in [-0.15, -0.1) is 0 Å². The lowest BCUT2D eigenvalue weighted by molar-refractivity contribution is -0.137. The molecule has 186 valence electrons. The first-order chi connectivity index (χ1) is 17.3. The summed E-state index contributed by atoms with van der Waals surface area (Å²) in [5, 5.41) is 8.93. The fourth-order valence-electron chi connectivity index (χ4n) is 4.04. The van der Waals surface area contributed by atoms with Crippen LogP contribution in [0.15, 0.2) is 60.8 Å². The molecule has 1 unspecified atom stereocenters. The van der Waals surface area contributed by atoms with Crippen molar-refractivity contribution >= 4 is 34.4 Å². The van der Waals surface area contributed by atoms with Gasteiger partial charge in [-0.3, -0.25) is 4.79 Å². The number of hydrogen-bond donors (Lipinski definition) is 3. The number of carbonyl (C=O) groups is 1. The molecule has 8 nitrogen and oxygen atoms in total. The fraction of sp³-hybridized carbons (Fsp3) is 0.240. The largest absolute Gasteiger partial charge is 0.457 e. The highest BCUT2D eigenvalue weighted by atomic mass is 19.4. The zero-order valence-corrected chi connectivity index (χ0v) is 19.3. The second kappa shape index (κ2) is 9.50. The number of imidazole rings is 1. The van der Waals surface area contributed by atoms with Crippen LogP contribution in [0, 0.1) is 5.92 Å². The van der Waals surface area contributed by atoms with Crippen molar-refractivity contribution in [1.29, 1.82) is 0 Å². The molecule has 0 radical (unpaired) electrons. The minimum atomic E-state index is -4.43. The van der Waals surface area contributed by atoms with Crippen molar-refractivity contribution in [2.45, 2.75) is 12.6 Å². The Hall–Kier alpha value is -4.12. The molecule has 1 aliphatic rings. The predicted molar refractivity (Wildman–Crippen MR) is 129 cm³/mol. The Morgan fingerprint density at radius 3 is 2.75 bits per heavy atom. The number of halogens is 3. The van der Waals surface area contributed by atoms with Crippen molar-refractivity contribution in [3.63, 3.8) is 0 Å².